The van der Waals surface area contributed by atoms with E-state index in [9.17, 15) is 24.1 Å². The van der Waals surface area contributed by atoms with E-state index in [1.165, 1.54) is 0 Å². The number of Topliss-reactive ketones (excluding diaryl/α,β-unsaturated/α-hetero) is 1. The molecule has 0 aliphatic carbocycles. The third-order valence-electron chi connectivity index (χ3n) is 1.60. The molecule has 15 heavy (non-hydrogen) atoms. The quantitative estimate of drug-likeness (QED) is 0.349. The van der Waals surface area contributed by atoms with E-state index in [0.717, 1.165) is 12.1 Å². The average Bonchev–Trinajstić information content (AvgIpc) is 2.16. The van der Waals surface area contributed by atoms with Crippen molar-refractivity contribution in [3.05, 3.63) is 39.7 Å². The summed E-state index contributed by atoms with van der Waals surface area (Å²) >= 11 is 0. The van der Waals surface area contributed by atoms with Crippen LogP contribution in [0.1, 0.15) is 10.4 Å². The highest BCUT2D eigenvalue weighted by atomic mass is 19.1. The molecule has 1 rings (SSSR count). The number of carbonyl (C=O) groups excluding carboxylic acids is 1. The van der Waals surface area contributed by atoms with Crippen LogP contribution < -0.4 is 0 Å². The predicted molar refractivity (Wildman–Crippen MR) is 45.0 cm³/mol. The zero-order valence-electron chi connectivity index (χ0n) is 7.14. The van der Waals surface area contributed by atoms with Crippen molar-refractivity contribution in [1.29, 1.82) is 0 Å². The minimum Gasteiger partial charge on any atom is -0.475 e. The molecule has 0 spiro atoms. The third kappa shape index (κ3) is 2.13. The van der Waals surface area contributed by atoms with E-state index in [1.54, 1.807) is 0 Å². The lowest BCUT2D eigenvalue weighted by atomic mass is 10.1. The molecule has 0 fully saturated rings. The topological polar surface area (TPSA) is 97.5 Å². The first kappa shape index (κ1) is 10.8. The fraction of sp³-hybridized carbons (Fsp3) is 0. The van der Waals surface area contributed by atoms with Gasteiger partial charge in [-0.05, 0) is 6.07 Å². The Morgan fingerprint density at radius 3 is 2.40 bits per heavy atom. The summed E-state index contributed by atoms with van der Waals surface area (Å²) in [5.41, 5.74) is -1.25. The fourth-order valence-electron chi connectivity index (χ4n) is 0.917. The van der Waals surface area contributed by atoms with Crippen molar-refractivity contribution in [2.75, 3.05) is 0 Å². The number of nitrogens with zero attached hydrogens (tertiary/aromatic N) is 1. The molecule has 0 aliphatic heterocycles. The molecule has 1 N–H and O–H groups in total. The second-order valence-corrected chi connectivity index (χ2v) is 2.56. The molecule has 0 amide bonds. The highest BCUT2D eigenvalue weighted by Gasteiger charge is 2.20. The zero-order valence-corrected chi connectivity index (χ0v) is 7.14. The van der Waals surface area contributed by atoms with Gasteiger partial charge in [-0.15, -0.1) is 0 Å². The number of ketones is 1. The van der Waals surface area contributed by atoms with Gasteiger partial charge in [-0.1, -0.05) is 0 Å². The van der Waals surface area contributed by atoms with E-state index in [4.69, 9.17) is 5.11 Å². The van der Waals surface area contributed by atoms with Gasteiger partial charge in [0.05, 0.1) is 16.6 Å². The molecule has 1 aromatic carbocycles. The van der Waals surface area contributed by atoms with Crippen LogP contribution in [0.5, 0.6) is 0 Å². The van der Waals surface area contributed by atoms with E-state index >= 15 is 0 Å². The smallest absolute Gasteiger partial charge is 0.377 e. The maximum absolute atomic E-state index is 13.0. The van der Waals surface area contributed by atoms with Crippen LogP contribution in [-0.4, -0.2) is 21.8 Å². The first-order chi connectivity index (χ1) is 6.93. The number of carboxylic acid groups (broad SMARTS) is 1. The van der Waals surface area contributed by atoms with Crippen molar-refractivity contribution in [3.8, 4) is 0 Å². The summed E-state index contributed by atoms with van der Waals surface area (Å²) in [6, 6.07) is 2.12. The molecular weight excluding hydrogens is 209 g/mol. The third-order valence-corrected chi connectivity index (χ3v) is 1.60. The Balaban J connectivity index is 3.19. The minimum atomic E-state index is -1.82. The highest BCUT2D eigenvalue weighted by molar-refractivity contribution is 6.39. The number of carboxylic acids is 1. The predicted octanol–water partition coefficient (Wildman–Crippen LogP) is 1.00. The van der Waals surface area contributed by atoms with E-state index in [0.29, 0.717) is 6.07 Å². The summed E-state index contributed by atoms with van der Waals surface area (Å²) in [6.45, 7) is 0. The summed E-state index contributed by atoms with van der Waals surface area (Å²) < 4.78 is 13.0. The van der Waals surface area contributed by atoms with Gasteiger partial charge in [0.2, 0.25) is 0 Å². The molecule has 0 aromatic heterocycles. The normalized spacial score (nSPS) is 9.67. The SMILES string of the molecule is O=C(O)C(=O)c1ccc([N+](=O)[O-])cc1F. The van der Waals surface area contributed by atoms with Crippen LogP contribution in [0.4, 0.5) is 10.1 Å². The highest BCUT2D eigenvalue weighted by Crippen LogP contribution is 2.16. The minimum absolute atomic E-state index is 0.496. The summed E-state index contributed by atoms with van der Waals surface area (Å²) in [7, 11) is 0. The first-order valence-corrected chi connectivity index (χ1v) is 3.65. The van der Waals surface area contributed by atoms with Gasteiger partial charge in [-0.3, -0.25) is 14.9 Å². The van der Waals surface area contributed by atoms with Gasteiger partial charge in [0.15, 0.2) is 0 Å². The Labute approximate surface area is 82.1 Å². The van der Waals surface area contributed by atoms with E-state index in [-0.39, 0.29) is 0 Å². The first-order valence-electron chi connectivity index (χ1n) is 3.65. The number of nitro benzene ring substituents is 1. The molecule has 78 valence electrons. The lowest BCUT2D eigenvalue weighted by molar-refractivity contribution is -0.385. The van der Waals surface area contributed by atoms with Crippen LogP contribution in [0.2, 0.25) is 0 Å². The second kappa shape index (κ2) is 3.82. The monoisotopic (exact) mass is 213 g/mol. The van der Waals surface area contributed by atoms with Crippen LogP contribution in [-0.2, 0) is 4.79 Å². The molecule has 0 bridgehead atoms. The molecule has 0 radical (unpaired) electrons. The van der Waals surface area contributed by atoms with E-state index in [2.05, 4.69) is 0 Å². The van der Waals surface area contributed by atoms with Gasteiger partial charge in [-0.25, -0.2) is 9.18 Å². The summed E-state index contributed by atoms with van der Waals surface area (Å²) in [5.74, 6) is -4.48. The lowest BCUT2D eigenvalue weighted by Gasteiger charge is -1.97. The van der Waals surface area contributed by atoms with Crippen LogP contribution in [0.25, 0.3) is 0 Å². The molecule has 7 heteroatoms. The van der Waals surface area contributed by atoms with E-state index in [1.807, 2.05) is 0 Å². The number of benzene rings is 1. The van der Waals surface area contributed by atoms with Crippen molar-refractivity contribution >= 4 is 17.4 Å². The number of hydrogen-bond donors (Lipinski definition) is 1. The number of nitro groups is 1. The summed E-state index contributed by atoms with van der Waals surface area (Å²) in [5, 5.41) is 18.5. The molecule has 0 aliphatic rings. The number of non-ortho nitro benzene ring substituents is 1. The Morgan fingerprint density at radius 2 is 2.00 bits per heavy atom. The number of hydrogen-bond acceptors (Lipinski definition) is 4. The Morgan fingerprint density at radius 1 is 1.40 bits per heavy atom. The van der Waals surface area contributed by atoms with Crippen LogP contribution in [0, 0.1) is 15.9 Å². The van der Waals surface area contributed by atoms with Gasteiger partial charge < -0.3 is 5.11 Å². The summed E-state index contributed by atoms with van der Waals surface area (Å²) in [4.78, 5) is 30.4. The fourth-order valence-corrected chi connectivity index (χ4v) is 0.917. The van der Waals surface area contributed by atoms with Crippen LogP contribution in [0.15, 0.2) is 18.2 Å². The van der Waals surface area contributed by atoms with Gasteiger partial charge in [0, 0.05) is 6.07 Å². The number of halogens is 1. The number of aliphatic carboxylic acids is 1. The molecule has 0 unspecified atom stereocenters. The van der Waals surface area contributed by atoms with Crippen molar-refractivity contribution in [2.24, 2.45) is 0 Å². The average molecular weight is 213 g/mol. The Bertz CT molecular complexity index is 456. The van der Waals surface area contributed by atoms with Crippen molar-refractivity contribution in [2.45, 2.75) is 0 Å². The molecule has 0 atom stereocenters. The standard InChI is InChI=1S/C8H4FNO5/c9-6-3-4(10(14)15)1-2-5(6)7(11)8(12)13/h1-3H,(H,12,13). The molecule has 6 nitrogen and oxygen atoms in total. The van der Waals surface area contributed by atoms with Crippen LogP contribution >= 0.6 is 0 Å². The maximum atomic E-state index is 13.0. The molecular formula is C8H4FNO5. The largest absolute Gasteiger partial charge is 0.475 e. The Kier molecular flexibility index (Phi) is 2.75. The van der Waals surface area contributed by atoms with E-state index < -0.39 is 33.7 Å². The molecule has 1 aromatic rings. The van der Waals surface area contributed by atoms with Gasteiger partial charge in [0.25, 0.3) is 11.5 Å². The van der Waals surface area contributed by atoms with Crippen molar-refractivity contribution < 1.29 is 24.0 Å². The van der Waals surface area contributed by atoms with Gasteiger partial charge in [-0.2, -0.15) is 0 Å². The van der Waals surface area contributed by atoms with Crippen LogP contribution in [0.3, 0.4) is 0 Å². The van der Waals surface area contributed by atoms with Crippen molar-refractivity contribution in [1.82, 2.24) is 0 Å². The second-order valence-electron chi connectivity index (χ2n) is 2.56. The molecule has 0 saturated carbocycles. The van der Waals surface area contributed by atoms with Gasteiger partial charge >= 0.3 is 5.97 Å². The number of carbonyl (C=O) groups is 2. The molecule has 0 heterocycles. The van der Waals surface area contributed by atoms with Gasteiger partial charge in [0.1, 0.15) is 5.82 Å². The number of rotatable bonds is 3. The van der Waals surface area contributed by atoms with Crippen molar-refractivity contribution in [3.63, 3.8) is 0 Å². The zero-order chi connectivity index (χ0) is 11.6. The summed E-state index contributed by atoms with van der Waals surface area (Å²) in [6.07, 6.45) is 0. The maximum Gasteiger partial charge on any atom is 0.377 e. The lowest BCUT2D eigenvalue weighted by Crippen LogP contribution is -2.14. The molecule has 0 saturated heterocycles. The Hall–Kier alpha value is -2.31.